The Balaban J connectivity index is -0.0000000900. The van der Waals surface area contributed by atoms with E-state index in [1.165, 1.54) is 5.57 Å². The van der Waals surface area contributed by atoms with E-state index in [4.69, 9.17) is 15.3 Å². The van der Waals surface area contributed by atoms with Gasteiger partial charge in [0.25, 0.3) is 0 Å². The van der Waals surface area contributed by atoms with Crippen LogP contribution in [0.3, 0.4) is 0 Å². The molecule has 3 N–H and O–H groups in total. The van der Waals surface area contributed by atoms with Gasteiger partial charge in [0.15, 0.2) is 0 Å². The molecule has 0 heterocycles. The monoisotopic (exact) mass is 265 g/mol. The van der Waals surface area contributed by atoms with Gasteiger partial charge in [-0.3, -0.25) is 6.08 Å². The summed E-state index contributed by atoms with van der Waals surface area (Å²) < 4.78 is 0. The van der Waals surface area contributed by atoms with E-state index in [0.29, 0.717) is 5.41 Å². The SMILES string of the molecule is CC(C)(C)C1=[C-]CC=C1.CO.CO.CO.[Ti]. The van der Waals surface area contributed by atoms with Crippen LogP contribution >= 0.6 is 0 Å². The molecule has 0 radical (unpaired) electrons. The normalized spacial score (nSPS) is 11.4. The third-order valence-corrected chi connectivity index (χ3v) is 1.50. The van der Waals surface area contributed by atoms with E-state index in [1.54, 1.807) is 0 Å². The van der Waals surface area contributed by atoms with Crippen LogP contribution in [0, 0.1) is 11.5 Å². The number of aliphatic hydroxyl groups excluding tert-OH is 3. The standard InChI is InChI=1S/C9H13.3CH4O.Ti/c1-9(2,3)8-6-4-5-7-8;3*1-2;/h4,6H,5H2,1-3H3;3*2H,1H3;/q-1;;;;. The maximum atomic E-state index is 7.00. The van der Waals surface area contributed by atoms with Gasteiger partial charge in [-0.2, -0.15) is 6.08 Å². The Morgan fingerprint density at radius 3 is 1.50 bits per heavy atom. The molecular formula is C12H25O3Ti-. The molecule has 0 saturated heterocycles. The van der Waals surface area contributed by atoms with Gasteiger partial charge in [-0.25, -0.2) is 11.6 Å². The second-order valence-corrected chi connectivity index (χ2v) is 3.45. The quantitative estimate of drug-likeness (QED) is 0.460. The van der Waals surface area contributed by atoms with Gasteiger partial charge >= 0.3 is 0 Å². The van der Waals surface area contributed by atoms with Crippen molar-refractivity contribution < 1.29 is 37.0 Å². The molecule has 0 unspecified atom stereocenters. The fourth-order valence-electron chi connectivity index (χ4n) is 0.920. The number of hydrogen-bond acceptors (Lipinski definition) is 3. The molecule has 0 aromatic heterocycles. The van der Waals surface area contributed by atoms with Crippen molar-refractivity contribution in [2.45, 2.75) is 27.2 Å². The molecule has 0 aliphatic heterocycles. The average Bonchev–Trinajstić information content (AvgIpc) is 2.79. The molecule has 4 heteroatoms. The molecule has 0 amide bonds. The second kappa shape index (κ2) is 17.5. The molecule has 0 aromatic carbocycles. The van der Waals surface area contributed by atoms with Crippen molar-refractivity contribution in [3.8, 4) is 0 Å². The third-order valence-electron chi connectivity index (χ3n) is 1.50. The van der Waals surface area contributed by atoms with Crippen molar-refractivity contribution in [2.24, 2.45) is 5.41 Å². The molecular weight excluding hydrogens is 240 g/mol. The Labute approximate surface area is 115 Å². The van der Waals surface area contributed by atoms with Gasteiger partial charge in [-0.15, -0.1) is 6.42 Å². The van der Waals surface area contributed by atoms with Gasteiger partial charge in [-0.1, -0.05) is 20.8 Å². The zero-order valence-electron chi connectivity index (χ0n) is 11.2. The van der Waals surface area contributed by atoms with E-state index in [9.17, 15) is 0 Å². The van der Waals surface area contributed by atoms with E-state index in [0.717, 1.165) is 27.8 Å². The molecule has 0 fully saturated rings. The Morgan fingerprint density at radius 1 is 1.00 bits per heavy atom. The minimum Gasteiger partial charge on any atom is -0.400 e. The number of rotatable bonds is 0. The maximum absolute atomic E-state index is 7.00. The first-order valence-corrected chi connectivity index (χ1v) is 4.73. The minimum atomic E-state index is 0. The van der Waals surface area contributed by atoms with E-state index >= 15 is 0 Å². The summed E-state index contributed by atoms with van der Waals surface area (Å²) in [6.45, 7) is 6.64. The zero-order chi connectivity index (χ0) is 12.9. The molecule has 0 bridgehead atoms. The first-order chi connectivity index (χ1) is 7.11. The number of aliphatic hydroxyl groups is 3. The van der Waals surface area contributed by atoms with Crippen LogP contribution in [0.4, 0.5) is 0 Å². The smallest absolute Gasteiger partial charge is 0.0319 e. The Hall–Kier alpha value is 0.0743. The molecule has 1 aliphatic rings. The molecule has 0 saturated carbocycles. The van der Waals surface area contributed by atoms with Gasteiger partial charge in [0, 0.05) is 43.0 Å². The first-order valence-electron chi connectivity index (χ1n) is 4.73. The Kier molecular flexibility index (Phi) is 27.4. The Morgan fingerprint density at radius 2 is 1.38 bits per heavy atom. The van der Waals surface area contributed by atoms with E-state index in [1.807, 2.05) is 0 Å². The zero-order valence-corrected chi connectivity index (χ0v) is 12.8. The van der Waals surface area contributed by atoms with Crippen molar-refractivity contribution in [1.29, 1.82) is 0 Å². The van der Waals surface area contributed by atoms with Crippen LogP contribution in [0.25, 0.3) is 0 Å². The van der Waals surface area contributed by atoms with Gasteiger partial charge in [-0.05, 0) is 5.41 Å². The molecule has 1 rings (SSSR count). The summed E-state index contributed by atoms with van der Waals surface area (Å²) in [5.41, 5.74) is 1.65. The fraction of sp³-hybridized carbons (Fsp3) is 0.667. The summed E-state index contributed by atoms with van der Waals surface area (Å²) in [5.74, 6) is 0. The maximum Gasteiger partial charge on any atom is 0.0319 e. The van der Waals surface area contributed by atoms with Crippen LogP contribution in [0.5, 0.6) is 0 Å². The van der Waals surface area contributed by atoms with Crippen molar-refractivity contribution >= 4 is 0 Å². The molecule has 0 aromatic rings. The van der Waals surface area contributed by atoms with Crippen LogP contribution in [-0.2, 0) is 21.7 Å². The summed E-state index contributed by atoms with van der Waals surface area (Å²) in [6.07, 6.45) is 8.63. The molecule has 0 atom stereocenters. The van der Waals surface area contributed by atoms with Crippen LogP contribution in [0.15, 0.2) is 17.7 Å². The van der Waals surface area contributed by atoms with Crippen molar-refractivity contribution in [3.05, 3.63) is 23.8 Å². The van der Waals surface area contributed by atoms with Crippen LogP contribution in [0.1, 0.15) is 27.2 Å². The second-order valence-electron chi connectivity index (χ2n) is 3.45. The predicted octanol–water partition coefficient (Wildman–Crippen LogP) is 1.54. The fourth-order valence-corrected chi connectivity index (χ4v) is 0.920. The Bertz CT molecular complexity index is 170. The van der Waals surface area contributed by atoms with Gasteiger partial charge in [0.2, 0.25) is 0 Å². The third kappa shape index (κ3) is 14.1. The van der Waals surface area contributed by atoms with Gasteiger partial charge in [0.05, 0.1) is 0 Å². The van der Waals surface area contributed by atoms with E-state index in [-0.39, 0.29) is 21.7 Å². The van der Waals surface area contributed by atoms with Crippen LogP contribution in [0.2, 0.25) is 0 Å². The van der Waals surface area contributed by atoms with Crippen molar-refractivity contribution in [3.63, 3.8) is 0 Å². The average molecular weight is 265 g/mol. The topological polar surface area (TPSA) is 60.7 Å². The minimum absolute atomic E-state index is 0. The van der Waals surface area contributed by atoms with Gasteiger partial charge < -0.3 is 15.3 Å². The molecule has 0 spiro atoms. The summed E-state index contributed by atoms with van der Waals surface area (Å²) in [6, 6.07) is 0. The molecule has 3 nitrogen and oxygen atoms in total. The summed E-state index contributed by atoms with van der Waals surface area (Å²) in [7, 11) is 3.00. The van der Waals surface area contributed by atoms with Crippen molar-refractivity contribution in [1.82, 2.24) is 0 Å². The number of allylic oxidation sites excluding steroid dienone is 4. The van der Waals surface area contributed by atoms with Crippen molar-refractivity contribution in [2.75, 3.05) is 21.3 Å². The summed E-state index contributed by atoms with van der Waals surface area (Å²) in [4.78, 5) is 0. The molecule has 1 aliphatic carbocycles. The number of hydrogen-bond donors (Lipinski definition) is 3. The summed E-state index contributed by atoms with van der Waals surface area (Å²) >= 11 is 0. The van der Waals surface area contributed by atoms with Crippen LogP contribution in [-0.4, -0.2) is 36.6 Å². The molecule has 16 heavy (non-hydrogen) atoms. The largest absolute Gasteiger partial charge is 0.400 e. The van der Waals surface area contributed by atoms with Crippen LogP contribution < -0.4 is 0 Å². The van der Waals surface area contributed by atoms with E-state index < -0.39 is 0 Å². The summed E-state index contributed by atoms with van der Waals surface area (Å²) in [5, 5.41) is 21.0. The predicted molar refractivity (Wildman–Crippen MR) is 64.4 cm³/mol. The van der Waals surface area contributed by atoms with Gasteiger partial charge in [0.1, 0.15) is 0 Å². The van der Waals surface area contributed by atoms with E-state index in [2.05, 4.69) is 39.0 Å². The first kappa shape index (κ1) is 25.1. The molecule has 96 valence electrons.